The maximum Gasteiger partial charge on any atom is 0.00392 e. The van der Waals surface area contributed by atoms with Crippen molar-refractivity contribution in [3.63, 3.8) is 0 Å². The van der Waals surface area contributed by atoms with E-state index in [1.807, 2.05) is 0 Å². The summed E-state index contributed by atoms with van der Waals surface area (Å²) >= 11 is 0. The standard InChI is InChI=1S/C16H37N3/c1-6-18(7-2)14-10-12-16(5)17-13-11-15-19(8-3)9-4/h16-17H,6-15H2,1-5H3. The quantitative estimate of drug-likeness (QED) is 0.520. The van der Waals surface area contributed by atoms with Crippen molar-refractivity contribution in [2.45, 2.75) is 59.9 Å². The molecule has 0 saturated carbocycles. The molecule has 0 aromatic heterocycles. The summed E-state index contributed by atoms with van der Waals surface area (Å²) in [7, 11) is 0. The van der Waals surface area contributed by atoms with Gasteiger partial charge in [0.1, 0.15) is 0 Å². The fourth-order valence-electron chi connectivity index (χ4n) is 2.45. The third-order valence-corrected chi connectivity index (χ3v) is 4.04. The number of rotatable bonds is 13. The first kappa shape index (κ1) is 18.9. The topological polar surface area (TPSA) is 18.5 Å². The summed E-state index contributed by atoms with van der Waals surface area (Å²) in [6.45, 7) is 19.7. The number of hydrogen-bond acceptors (Lipinski definition) is 3. The van der Waals surface area contributed by atoms with E-state index in [1.165, 1.54) is 58.5 Å². The Kier molecular flexibility index (Phi) is 12.8. The van der Waals surface area contributed by atoms with Crippen molar-refractivity contribution in [3.8, 4) is 0 Å². The van der Waals surface area contributed by atoms with Crippen LogP contribution in [0.1, 0.15) is 53.9 Å². The second kappa shape index (κ2) is 12.9. The maximum atomic E-state index is 3.65. The first-order valence-corrected chi connectivity index (χ1v) is 8.35. The summed E-state index contributed by atoms with van der Waals surface area (Å²) in [6, 6.07) is 0.660. The Hall–Kier alpha value is -0.120. The van der Waals surface area contributed by atoms with E-state index in [-0.39, 0.29) is 0 Å². The molecule has 0 aromatic carbocycles. The van der Waals surface area contributed by atoms with Gasteiger partial charge in [-0.25, -0.2) is 0 Å². The summed E-state index contributed by atoms with van der Waals surface area (Å²) in [4.78, 5) is 5.00. The summed E-state index contributed by atoms with van der Waals surface area (Å²) in [6.07, 6.45) is 3.87. The zero-order valence-corrected chi connectivity index (χ0v) is 14.0. The molecule has 1 unspecified atom stereocenters. The van der Waals surface area contributed by atoms with Crippen LogP contribution in [0.3, 0.4) is 0 Å². The molecule has 0 saturated heterocycles. The second-order valence-electron chi connectivity index (χ2n) is 5.40. The van der Waals surface area contributed by atoms with Crippen LogP contribution in [0.5, 0.6) is 0 Å². The lowest BCUT2D eigenvalue weighted by Gasteiger charge is -2.21. The molecule has 0 aliphatic carbocycles. The van der Waals surface area contributed by atoms with Crippen molar-refractivity contribution in [3.05, 3.63) is 0 Å². The van der Waals surface area contributed by atoms with Crippen LogP contribution in [0, 0.1) is 0 Å². The average Bonchev–Trinajstić information content (AvgIpc) is 2.44. The van der Waals surface area contributed by atoms with Crippen molar-refractivity contribution >= 4 is 0 Å². The van der Waals surface area contributed by atoms with Gasteiger partial charge >= 0.3 is 0 Å². The molecule has 0 heterocycles. The summed E-state index contributed by atoms with van der Waals surface area (Å²) in [5, 5.41) is 3.65. The van der Waals surface area contributed by atoms with E-state index in [9.17, 15) is 0 Å². The van der Waals surface area contributed by atoms with E-state index in [2.05, 4.69) is 49.7 Å². The molecule has 0 spiro atoms. The van der Waals surface area contributed by atoms with Crippen molar-refractivity contribution in [1.29, 1.82) is 0 Å². The molecule has 0 bridgehead atoms. The van der Waals surface area contributed by atoms with E-state index in [4.69, 9.17) is 0 Å². The Bertz CT molecular complexity index is 177. The smallest absolute Gasteiger partial charge is 0.00392 e. The lowest BCUT2D eigenvalue weighted by Crippen LogP contribution is -2.32. The minimum absolute atomic E-state index is 0.660. The minimum Gasteiger partial charge on any atom is -0.314 e. The van der Waals surface area contributed by atoms with Gasteiger partial charge < -0.3 is 15.1 Å². The molecule has 0 fully saturated rings. The van der Waals surface area contributed by atoms with E-state index >= 15 is 0 Å². The van der Waals surface area contributed by atoms with Crippen LogP contribution in [0.2, 0.25) is 0 Å². The van der Waals surface area contributed by atoms with Gasteiger partial charge in [-0.1, -0.05) is 27.7 Å². The van der Waals surface area contributed by atoms with Gasteiger partial charge in [-0.15, -0.1) is 0 Å². The molecule has 1 N–H and O–H groups in total. The minimum atomic E-state index is 0.660. The van der Waals surface area contributed by atoms with Crippen molar-refractivity contribution in [2.24, 2.45) is 0 Å². The molecular weight excluding hydrogens is 234 g/mol. The third-order valence-electron chi connectivity index (χ3n) is 4.04. The molecule has 0 aromatic rings. The predicted octanol–water partition coefficient (Wildman–Crippen LogP) is 2.82. The first-order valence-electron chi connectivity index (χ1n) is 8.35. The van der Waals surface area contributed by atoms with Crippen LogP contribution in [-0.4, -0.2) is 61.7 Å². The van der Waals surface area contributed by atoms with E-state index in [0.717, 1.165) is 6.54 Å². The van der Waals surface area contributed by atoms with Gasteiger partial charge in [0.15, 0.2) is 0 Å². The van der Waals surface area contributed by atoms with Crippen LogP contribution in [0.4, 0.5) is 0 Å². The van der Waals surface area contributed by atoms with Crippen molar-refractivity contribution in [1.82, 2.24) is 15.1 Å². The maximum absolute atomic E-state index is 3.65. The molecular formula is C16H37N3. The van der Waals surface area contributed by atoms with Gasteiger partial charge in [0.05, 0.1) is 0 Å². The van der Waals surface area contributed by atoms with Gasteiger partial charge in [0.2, 0.25) is 0 Å². The van der Waals surface area contributed by atoms with Gasteiger partial charge in [-0.2, -0.15) is 0 Å². The lowest BCUT2D eigenvalue weighted by atomic mass is 10.1. The third kappa shape index (κ3) is 10.3. The zero-order chi connectivity index (χ0) is 14.5. The average molecular weight is 271 g/mol. The molecule has 3 heteroatoms. The predicted molar refractivity (Wildman–Crippen MR) is 86.9 cm³/mol. The first-order chi connectivity index (χ1) is 9.17. The fraction of sp³-hybridized carbons (Fsp3) is 1.00. The van der Waals surface area contributed by atoms with Gasteiger partial charge in [0, 0.05) is 6.04 Å². The van der Waals surface area contributed by atoms with Crippen molar-refractivity contribution in [2.75, 3.05) is 45.8 Å². The van der Waals surface area contributed by atoms with E-state index in [0.29, 0.717) is 6.04 Å². The highest BCUT2D eigenvalue weighted by molar-refractivity contribution is 4.64. The van der Waals surface area contributed by atoms with Crippen molar-refractivity contribution < 1.29 is 0 Å². The Morgan fingerprint density at radius 2 is 1.26 bits per heavy atom. The summed E-state index contributed by atoms with van der Waals surface area (Å²) in [5.41, 5.74) is 0. The van der Waals surface area contributed by atoms with Crippen LogP contribution < -0.4 is 5.32 Å². The van der Waals surface area contributed by atoms with Crippen LogP contribution in [0.25, 0.3) is 0 Å². The van der Waals surface area contributed by atoms with Gasteiger partial charge in [-0.3, -0.25) is 0 Å². The highest BCUT2D eigenvalue weighted by Crippen LogP contribution is 2.00. The molecule has 0 radical (unpaired) electrons. The Morgan fingerprint density at radius 1 is 0.789 bits per heavy atom. The molecule has 0 aliphatic rings. The highest BCUT2D eigenvalue weighted by atomic mass is 15.1. The van der Waals surface area contributed by atoms with Gasteiger partial charge in [-0.05, 0) is 72.0 Å². The molecule has 116 valence electrons. The van der Waals surface area contributed by atoms with Crippen LogP contribution in [0.15, 0.2) is 0 Å². The molecule has 19 heavy (non-hydrogen) atoms. The normalized spacial score (nSPS) is 13.4. The summed E-state index contributed by atoms with van der Waals surface area (Å²) in [5.74, 6) is 0. The van der Waals surface area contributed by atoms with Gasteiger partial charge in [0.25, 0.3) is 0 Å². The van der Waals surface area contributed by atoms with E-state index in [1.54, 1.807) is 0 Å². The Morgan fingerprint density at radius 3 is 1.74 bits per heavy atom. The number of hydrogen-bond donors (Lipinski definition) is 1. The van der Waals surface area contributed by atoms with E-state index < -0.39 is 0 Å². The second-order valence-corrected chi connectivity index (χ2v) is 5.40. The van der Waals surface area contributed by atoms with Crippen LogP contribution >= 0.6 is 0 Å². The fourth-order valence-corrected chi connectivity index (χ4v) is 2.45. The SMILES string of the molecule is CCN(CC)CCCNC(C)CCCN(CC)CC. The number of nitrogens with zero attached hydrogens (tertiary/aromatic N) is 2. The highest BCUT2D eigenvalue weighted by Gasteiger charge is 2.04. The number of nitrogens with one attached hydrogen (secondary N) is 1. The molecule has 0 aliphatic heterocycles. The zero-order valence-electron chi connectivity index (χ0n) is 14.0. The molecule has 3 nitrogen and oxygen atoms in total. The van der Waals surface area contributed by atoms with Crippen LogP contribution in [-0.2, 0) is 0 Å². The molecule has 1 atom stereocenters. The Balaban J connectivity index is 3.46. The monoisotopic (exact) mass is 271 g/mol. The Labute approximate surface area is 121 Å². The molecule has 0 rings (SSSR count). The summed E-state index contributed by atoms with van der Waals surface area (Å²) < 4.78 is 0. The largest absolute Gasteiger partial charge is 0.314 e. The molecule has 0 amide bonds. The lowest BCUT2D eigenvalue weighted by molar-refractivity contribution is 0.285.